The van der Waals surface area contributed by atoms with Gasteiger partial charge >= 0.3 is 12.1 Å². The zero-order valence-corrected chi connectivity index (χ0v) is 13.2. The number of fused-ring (bicyclic) bond motifs is 1. The van der Waals surface area contributed by atoms with Crippen molar-refractivity contribution >= 4 is 22.4 Å². The summed E-state index contributed by atoms with van der Waals surface area (Å²) in [5.74, 6) is -2.76. The lowest BCUT2D eigenvalue weighted by atomic mass is 10.1. The topological polar surface area (TPSA) is 94.2 Å². The maximum absolute atomic E-state index is 11.6. The molecule has 2 aromatic rings. The van der Waals surface area contributed by atoms with E-state index in [4.69, 9.17) is 9.90 Å². The molecule has 0 bridgehead atoms. The van der Waals surface area contributed by atoms with Crippen molar-refractivity contribution in [2.24, 2.45) is 0 Å². The second-order valence-corrected chi connectivity index (χ2v) is 5.58. The summed E-state index contributed by atoms with van der Waals surface area (Å²) in [4.78, 5) is 23.2. The number of aliphatic carboxylic acids is 1. The molecule has 9 heteroatoms. The van der Waals surface area contributed by atoms with Crippen molar-refractivity contribution < 1.29 is 23.1 Å². The third-order valence-electron chi connectivity index (χ3n) is 3.73. The van der Waals surface area contributed by atoms with Crippen LogP contribution in [0.15, 0.2) is 35.3 Å². The van der Waals surface area contributed by atoms with Gasteiger partial charge in [0.05, 0.1) is 0 Å². The lowest BCUT2D eigenvalue weighted by Crippen LogP contribution is -2.35. The Morgan fingerprint density at radius 2 is 1.84 bits per heavy atom. The number of anilines is 1. The molecule has 0 aliphatic carbocycles. The highest BCUT2D eigenvalue weighted by Crippen LogP contribution is 2.18. The van der Waals surface area contributed by atoms with Crippen LogP contribution in [-0.2, 0) is 4.79 Å². The molecular formula is C16H18F3N3O3. The predicted octanol–water partition coefficient (Wildman–Crippen LogP) is 2.33. The average Bonchev–Trinajstić information content (AvgIpc) is 2.55. The molecule has 1 aromatic carbocycles. The Balaban J connectivity index is 0.000000277. The van der Waals surface area contributed by atoms with Gasteiger partial charge in [0.25, 0.3) is 5.56 Å². The van der Waals surface area contributed by atoms with Crippen molar-refractivity contribution in [1.29, 1.82) is 0 Å². The number of hydrogen-bond donors (Lipinski definition) is 4. The first kappa shape index (κ1) is 18.8. The SMILES string of the molecule is O=C(O)C(F)(F)F.O=c1[nH]ccc2cc(NC3CCNCC3)ccc12. The minimum absolute atomic E-state index is 0.0269. The van der Waals surface area contributed by atoms with E-state index in [-0.39, 0.29) is 5.56 Å². The van der Waals surface area contributed by atoms with Gasteiger partial charge in [-0.25, -0.2) is 4.79 Å². The Hall–Kier alpha value is -2.55. The fourth-order valence-electron chi connectivity index (χ4n) is 2.48. The Morgan fingerprint density at radius 1 is 1.20 bits per heavy atom. The Bertz CT molecular complexity index is 783. The van der Waals surface area contributed by atoms with Crippen molar-refractivity contribution in [2.75, 3.05) is 18.4 Å². The molecule has 0 unspecified atom stereocenters. The highest BCUT2D eigenvalue weighted by molar-refractivity contribution is 5.84. The third-order valence-corrected chi connectivity index (χ3v) is 3.73. The molecule has 1 aliphatic rings. The van der Waals surface area contributed by atoms with Crippen molar-refractivity contribution in [3.63, 3.8) is 0 Å². The first-order valence-corrected chi connectivity index (χ1v) is 7.66. The van der Waals surface area contributed by atoms with Gasteiger partial charge in [0.2, 0.25) is 0 Å². The fraction of sp³-hybridized carbons (Fsp3) is 0.375. The number of hydrogen-bond acceptors (Lipinski definition) is 4. The van der Waals surface area contributed by atoms with Crippen LogP contribution in [-0.4, -0.2) is 41.4 Å². The van der Waals surface area contributed by atoms with E-state index in [1.807, 2.05) is 24.3 Å². The Kier molecular flexibility index (Phi) is 6.02. The molecule has 4 N–H and O–H groups in total. The number of rotatable bonds is 2. The summed E-state index contributed by atoms with van der Waals surface area (Å²) in [5, 5.41) is 15.7. The summed E-state index contributed by atoms with van der Waals surface area (Å²) in [6, 6.07) is 8.39. The smallest absolute Gasteiger partial charge is 0.475 e. The van der Waals surface area contributed by atoms with Crippen LogP contribution < -0.4 is 16.2 Å². The molecule has 2 heterocycles. The molecule has 0 radical (unpaired) electrons. The minimum Gasteiger partial charge on any atom is -0.475 e. The van der Waals surface area contributed by atoms with Crippen molar-refractivity contribution in [2.45, 2.75) is 25.1 Å². The molecular weight excluding hydrogens is 339 g/mol. The van der Waals surface area contributed by atoms with Gasteiger partial charge in [0.15, 0.2) is 0 Å². The van der Waals surface area contributed by atoms with Crippen LogP contribution in [0.1, 0.15) is 12.8 Å². The highest BCUT2D eigenvalue weighted by Gasteiger charge is 2.38. The van der Waals surface area contributed by atoms with Crippen LogP contribution in [0.4, 0.5) is 18.9 Å². The van der Waals surface area contributed by atoms with Crippen LogP contribution in [0.2, 0.25) is 0 Å². The number of carboxylic acid groups (broad SMARTS) is 1. The Labute approximate surface area is 141 Å². The van der Waals surface area contributed by atoms with E-state index in [0.29, 0.717) is 6.04 Å². The van der Waals surface area contributed by atoms with Gasteiger partial charge in [0, 0.05) is 23.3 Å². The van der Waals surface area contributed by atoms with E-state index < -0.39 is 12.1 Å². The minimum atomic E-state index is -5.08. The van der Waals surface area contributed by atoms with E-state index in [9.17, 15) is 18.0 Å². The molecule has 25 heavy (non-hydrogen) atoms. The van der Waals surface area contributed by atoms with Gasteiger partial charge in [-0.3, -0.25) is 4.79 Å². The first-order chi connectivity index (χ1) is 11.8. The summed E-state index contributed by atoms with van der Waals surface area (Å²) >= 11 is 0. The first-order valence-electron chi connectivity index (χ1n) is 7.66. The summed E-state index contributed by atoms with van der Waals surface area (Å²) < 4.78 is 31.7. The number of aromatic nitrogens is 1. The normalized spacial score (nSPS) is 15.3. The van der Waals surface area contributed by atoms with Gasteiger partial charge in [-0.2, -0.15) is 13.2 Å². The molecule has 0 spiro atoms. The zero-order valence-electron chi connectivity index (χ0n) is 13.2. The molecule has 1 aliphatic heterocycles. The van der Waals surface area contributed by atoms with Crippen LogP contribution >= 0.6 is 0 Å². The molecule has 136 valence electrons. The number of alkyl halides is 3. The Morgan fingerprint density at radius 3 is 2.44 bits per heavy atom. The predicted molar refractivity (Wildman–Crippen MR) is 87.8 cm³/mol. The molecule has 0 saturated carbocycles. The van der Waals surface area contributed by atoms with E-state index >= 15 is 0 Å². The van der Waals surface area contributed by atoms with E-state index in [1.165, 1.54) is 0 Å². The number of nitrogens with one attached hydrogen (secondary N) is 3. The second-order valence-electron chi connectivity index (χ2n) is 5.58. The average molecular weight is 357 g/mol. The number of H-pyrrole nitrogens is 1. The summed E-state index contributed by atoms with van der Waals surface area (Å²) in [6.45, 7) is 2.15. The zero-order chi connectivity index (χ0) is 18.4. The molecule has 1 fully saturated rings. The number of halogens is 3. The molecule has 1 saturated heterocycles. The third kappa shape index (κ3) is 5.49. The van der Waals surface area contributed by atoms with Crippen LogP contribution in [0.3, 0.4) is 0 Å². The van der Waals surface area contributed by atoms with Crippen LogP contribution in [0, 0.1) is 0 Å². The highest BCUT2D eigenvalue weighted by atomic mass is 19.4. The van der Waals surface area contributed by atoms with Crippen molar-refractivity contribution in [3.8, 4) is 0 Å². The van der Waals surface area contributed by atoms with E-state index in [2.05, 4.69) is 15.6 Å². The number of pyridine rings is 1. The van der Waals surface area contributed by atoms with Gasteiger partial charge in [0.1, 0.15) is 0 Å². The van der Waals surface area contributed by atoms with E-state index in [1.54, 1.807) is 6.20 Å². The maximum Gasteiger partial charge on any atom is 0.490 e. The number of piperidine rings is 1. The summed E-state index contributed by atoms with van der Waals surface area (Å²) in [5.41, 5.74) is 1.07. The number of aromatic amines is 1. The lowest BCUT2D eigenvalue weighted by molar-refractivity contribution is -0.192. The van der Waals surface area contributed by atoms with Gasteiger partial charge < -0.3 is 20.7 Å². The van der Waals surface area contributed by atoms with Gasteiger partial charge in [-0.05, 0) is 55.6 Å². The largest absolute Gasteiger partial charge is 0.490 e. The summed E-state index contributed by atoms with van der Waals surface area (Å²) in [6.07, 6.45) is -1.10. The number of carbonyl (C=O) groups is 1. The molecule has 0 amide bonds. The van der Waals surface area contributed by atoms with E-state index in [0.717, 1.165) is 42.4 Å². The number of carboxylic acids is 1. The standard InChI is InChI=1S/C14H17N3O.C2HF3O2/c18-14-13-2-1-12(9-10(13)3-8-16-14)17-11-4-6-15-7-5-11;3-2(4,5)1(6)7/h1-3,8-9,11,15,17H,4-7H2,(H,16,18);(H,6,7). The monoisotopic (exact) mass is 357 g/mol. The maximum atomic E-state index is 11.6. The van der Waals surface area contributed by atoms with Gasteiger partial charge in [-0.1, -0.05) is 0 Å². The van der Waals surface area contributed by atoms with Crippen molar-refractivity contribution in [3.05, 3.63) is 40.8 Å². The number of benzene rings is 1. The second kappa shape index (κ2) is 8.02. The van der Waals surface area contributed by atoms with Crippen LogP contribution in [0.5, 0.6) is 0 Å². The molecule has 6 nitrogen and oxygen atoms in total. The summed E-state index contributed by atoms with van der Waals surface area (Å²) in [7, 11) is 0. The molecule has 1 aromatic heterocycles. The molecule has 0 atom stereocenters. The van der Waals surface area contributed by atoms with Crippen molar-refractivity contribution in [1.82, 2.24) is 10.3 Å². The molecule has 3 rings (SSSR count). The lowest BCUT2D eigenvalue weighted by Gasteiger charge is -2.24. The van der Waals surface area contributed by atoms with Crippen LogP contribution in [0.25, 0.3) is 10.8 Å². The quantitative estimate of drug-likeness (QED) is 0.662. The van der Waals surface area contributed by atoms with Gasteiger partial charge in [-0.15, -0.1) is 0 Å². The fourth-order valence-corrected chi connectivity index (χ4v) is 2.48.